The Bertz CT molecular complexity index is 1260. The number of carbonyl (C=O) groups is 1. The Morgan fingerprint density at radius 2 is 1.97 bits per heavy atom. The maximum Gasteiger partial charge on any atom is 0.319 e. The maximum absolute atomic E-state index is 12.3. The first-order valence-corrected chi connectivity index (χ1v) is 13.4. The number of aliphatic hydroxyl groups is 2. The van der Waals surface area contributed by atoms with Gasteiger partial charge in [0.05, 0.1) is 12.9 Å². The summed E-state index contributed by atoms with van der Waals surface area (Å²) in [5.74, 6) is 0.196. The molecule has 12 heteroatoms. The highest BCUT2D eigenvalue weighted by molar-refractivity contribution is 5.89. The highest BCUT2D eigenvalue weighted by Gasteiger charge is 2.50. The number of nitrogens with one attached hydrogen (secondary N) is 2. The number of rotatable bonds is 10. The summed E-state index contributed by atoms with van der Waals surface area (Å²) in [6, 6.07) is 7.61. The van der Waals surface area contributed by atoms with Gasteiger partial charge in [0.15, 0.2) is 17.2 Å². The number of carbonyl (C=O) groups excluding carboxylic acids is 1. The van der Waals surface area contributed by atoms with E-state index in [4.69, 9.17) is 10.5 Å². The number of benzene rings is 1. The zero-order valence-corrected chi connectivity index (χ0v) is 23.1. The second kappa shape index (κ2) is 11.8. The van der Waals surface area contributed by atoms with Crippen molar-refractivity contribution in [3.8, 4) is 0 Å². The molecule has 4 rings (SSSR count). The van der Waals surface area contributed by atoms with Gasteiger partial charge in [-0.25, -0.2) is 19.7 Å². The van der Waals surface area contributed by atoms with E-state index in [0.29, 0.717) is 37.2 Å². The molecule has 39 heavy (non-hydrogen) atoms. The molecule has 6 N–H and O–H groups in total. The number of nitrogens with two attached hydrogens (primary N) is 1. The normalized spacial score (nSPS) is 21.5. The van der Waals surface area contributed by atoms with Crippen LogP contribution >= 0.6 is 0 Å². The van der Waals surface area contributed by atoms with Gasteiger partial charge in [-0.2, -0.15) is 0 Å². The number of fused-ring (bicyclic) bond motifs is 1. The highest BCUT2D eigenvalue weighted by Crippen LogP contribution is 2.33. The largest absolute Gasteiger partial charge is 0.385 e. The molecule has 0 radical (unpaired) electrons. The van der Waals surface area contributed by atoms with Gasteiger partial charge < -0.3 is 36.2 Å². The van der Waals surface area contributed by atoms with Crippen LogP contribution in [0, 0.1) is 0 Å². The number of hydrogen-bond acceptors (Lipinski definition) is 9. The minimum Gasteiger partial charge on any atom is -0.385 e. The Balaban J connectivity index is 1.27. The summed E-state index contributed by atoms with van der Waals surface area (Å²) in [5, 5.41) is 28.2. The van der Waals surface area contributed by atoms with Crippen LogP contribution < -0.4 is 16.4 Å². The lowest BCUT2D eigenvalue weighted by Crippen LogP contribution is -2.49. The molecule has 0 saturated carbocycles. The molecule has 1 fully saturated rings. The average Bonchev–Trinajstić information content (AvgIpc) is 3.45. The molecule has 0 spiro atoms. The van der Waals surface area contributed by atoms with Crippen molar-refractivity contribution in [1.82, 2.24) is 29.7 Å². The monoisotopic (exact) mass is 540 g/mol. The summed E-state index contributed by atoms with van der Waals surface area (Å²) in [4.78, 5) is 26.8. The number of nitrogen functional groups attached to an aromatic ring is 1. The molecular weight excluding hydrogens is 500 g/mol. The Kier molecular flexibility index (Phi) is 8.70. The van der Waals surface area contributed by atoms with Crippen LogP contribution in [-0.2, 0) is 15.9 Å². The number of hydrogen-bond donors (Lipinski definition) is 5. The summed E-state index contributed by atoms with van der Waals surface area (Å²) in [6.45, 7) is 10.8. The number of urea groups is 1. The number of amides is 2. The quantitative estimate of drug-likeness (QED) is 0.242. The third-order valence-corrected chi connectivity index (χ3v) is 7.04. The predicted molar refractivity (Wildman–Crippen MR) is 149 cm³/mol. The van der Waals surface area contributed by atoms with E-state index in [1.54, 1.807) is 0 Å². The van der Waals surface area contributed by atoms with E-state index >= 15 is 0 Å². The Labute approximate surface area is 228 Å². The van der Waals surface area contributed by atoms with Crippen molar-refractivity contribution < 1.29 is 19.7 Å². The van der Waals surface area contributed by atoms with E-state index in [-0.39, 0.29) is 23.9 Å². The van der Waals surface area contributed by atoms with Gasteiger partial charge in [0.2, 0.25) is 0 Å². The van der Waals surface area contributed by atoms with E-state index in [1.165, 1.54) is 22.8 Å². The lowest BCUT2D eigenvalue weighted by Gasteiger charge is -2.30. The molecule has 3 aromatic rings. The standard InChI is InChI=1S/C27H40N8O4/c1-5-12-34(13-6-11-29-25(37)33-19-9-7-18(8-10-19)26(2,3)4)14-20-22(36)27(38,15-39-20)35-17-32-21-23(28)30-16-31-24(21)35/h7-10,16-17,20,22,36,38H,5-6,11-15H2,1-4H3,(H2,28,30,31)(H2,29,33,37)/t20-,22-,27+/m1/s1. The van der Waals surface area contributed by atoms with Crippen LogP contribution in [-0.4, -0.2) is 85.7 Å². The van der Waals surface area contributed by atoms with Crippen molar-refractivity contribution in [2.45, 2.75) is 63.9 Å². The molecule has 1 saturated heterocycles. The second-order valence-electron chi connectivity index (χ2n) is 11.1. The van der Waals surface area contributed by atoms with E-state index < -0.39 is 17.9 Å². The minimum atomic E-state index is -1.73. The van der Waals surface area contributed by atoms with E-state index in [0.717, 1.165) is 18.7 Å². The summed E-state index contributed by atoms with van der Waals surface area (Å²) in [6.07, 6.45) is 2.48. The molecule has 0 bridgehead atoms. The first kappa shape index (κ1) is 28.7. The zero-order chi connectivity index (χ0) is 28.2. The average molecular weight is 541 g/mol. The van der Waals surface area contributed by atoms with Crippen LogP contribution in [0.2, 0.25) is 0 Å². The molecule has 2 aromatic heterocycles. The van der Waals surface area contributed by atoms with Crippen molar-refractivity contribution in [3.63, 3.8) is 0 Å². The second-order valence-corrected chi connectivity index (χ2v) is 11.1. The SMILES string of the molecule is CCCN(CCCNC(=O)Nc1ccc(C(C)(C)C)cc1)C[C@H]1OC[C@@](O)(n2cnc3c(N)ncnc32)[C@@H]1O. The number of aliphatic hydroxyl groups excluding tert-OH is 1. The molecule has 0 aliphatic carbocycles. The van der Waals surface area contributed by atoms with Crippen molar-refractivity contribution >= 4 is 28.7 Å². The number of aromatic nitrogens is 4. The van der Waals surface area contributed by atoms with Crippen LogP contribution in [0.5, 0.6) is 0 Å². The van der Waals surface area contributed by atoms with Crippen molar-refractivity contribution in [1.29, 1.82) is 0 Å². The van der Waals surface area contributed by atoms with Gasteiger partial charge in [0, 0.05) is 18.8 Å². The van der Waals surface area contributed by atoms with Crippen molar-refractivity contribution in [2.24, 2.45) is 0 Å². The Morgan fingerprint density at radius 1 is 1.23 bits per heavy atom. The fraction of sp³-hybridized carbons (Fsp3) is 0.556. The van der Waals surface area contributed by atoms with Gasteiger partial charge in [-0.05, 0) is 49.0 Å². The molecule has 1 aromatic carbocycles. The van der Waals surface area contributed by atoms with Gasteiger partial charge in [0.25, 0.3) is 0 Å². The number of anilines is 2. The summed E-state index contributed by atoms with van der Waals surface area (Å²) < 4.78 is 7.25. The third kappa shape index (κ3) is 6.47. The molecule has 0 unspecified atom stereocenters. The van der Waals surface area contributed by atoms with Crippen LogP contribution in [0.25, 0.3) is 11.2 Å². The summed E-state index contributed by atoms with van der Waals surface area (Å²) in [7, 11) is 0. The lowest BCUT2D eigenvalue weighted by molar-refractivity contribution is -0.109. The molecule has 3 heterocycles. The number of imidazole rings is 1. The zero-order valence-electron chi connectivity index (χ0n) is 23.1. The maximum atomic E-state index is 12.3. The molecule has 1 aliphatic heterocycles. The Hall–Kier alpha value is -3.32. The van der Waals surface area contributed by atoms with Gasteiger partial charge in [0.1, 0.15) is 24.1 Å². The van der Waals surface area contributed by atoms with Crippen LogP contribution in [0.4, 0.5) is 16.3 Å². The first-order chi connectivity index (χ1) is 18.5. The topological polar surface area (TPSA) is 164 Å². The first-order valence-electron chi connectivity index (χ1n) is 13.4. The van der Waals surface area contributed by atoms with Crippen LogP contribution in [0.15, 0.2) is 36.9 Å². The molecule has 2 amide bonds. The van der Waals surface area contributed by atoms with Crippen LogP contribution in [0.3, 0.4) is 0 Å². The highest BCUT2D eigenvalue weighted by atomic mass is 16.5. The Morgan fingerprint density at radius 3 is 2.67 bits per heavy atom. The van der Waals surface area contributed by atoms with Gasteiger partial charge in [-0.3, -0.25) is 4.57 Å². The van der Waals surface area contributed by atoms with Crippen LogP contribution in [0.1, 0.15) is 46.1 Å². The van der Waals surface area contributed by atoms with E-state index in [9.17, 15) is 15.0 Å². The predicted octanol–water partition coefficient (Wildman–Crippen LogP) is 2.03. The molecule has 3 atom stereocenters. The summed E-state index contributed by atoms with van der Waals surface area (Å²) >= 11 is 0. The van der Waals surface area contributed by atoms with Crippen molar-refractivity contribution in [3.05, 3.63) is 42.5 Å². The van der Waals surface area contributed by atoms with Gasteiger partial charge >= 0.3 is 6.03 Å². The molecular formula is C27H40N8O4. The lowest BCUT2D eigenvalue weighted by atomic mass is 9.87. The number of ether oxygens (including phenoxy) is 1. The summed E-state index contributed by atoms with van der Waals surface area (Å²) in [5.41, 5.74) is 6.82. The third-order valence-electron chi connectivity index (χ3n) is 7.04. The molecule has 12 nitrogen and oxygen atoms in total. The van der Waals surface area contributed by atoms with E-state index in [1.807, 2.05) is 24.3 Å². The molecule has 1 aliphatic rings. The van der Waals surface area contributed by atoms with Gasteiger partial charge in [-0.15, -0.1) is 0 Å². The fourth-order valence-corrected chi connectivity index (χ4v) is 4.80. The fourth-order valence-electron chi connectivity index (χ4n) is 4.80. The van der Waals surface area contributed by atoms with E-state index in [2.05, 4.69) is 58.2 Å². The van der Waals surface area contributed by atoms with Crippen molar-refractivity contribution in [2.75, 3.05) is 43.8 Å². The molecule has 212 valence electrons. The smallest absolute Gasteiger partial charge is 0.319 e. The minimum absolute atomic E-state index is 0.0563. The van der Waals surface area contributed by atoms with Gasteiger partial charge in [-0.1, -0.05) is 39.8 Å². The number of nitrogens with zero attached hydrogens (tertiary/aromatic N) is 5.